The molecule has 0 aromatic rings. The van der Waals surface area contributed by atoms with Gasteiger partial charge in [-0.1, -0.05) is 20.8 Å². The predicted molar refractivity (Wildman–Crippen MR) is 67.1 cm³/mol. The minimum Gasteiger partial charge on any atom is -0.300 e. The molecular weight excluding hydrogens is 210 g/mol. The summed E-state index contributed by atoms with van der Waals surface area (Å²) in [6, 6.07) is 2.39. The van der Waals surface area contributed by atoms with Crippen LogP contribution in [0.5, 0.6) is 0 Å². The molecule has 0 aromatic heterocycles. The van der Waals surface area contributed by atoms with Crippen molar-refractivity contribution < 1.29 is 4.79 Å². The van der Waals surface area contributed by atoms with E-state index in [-0.39, 0.29) is 16.7 Å². The number of Topliss-reactive ketones (excluding diaryl/α,β-unsaturated/α-hetero) is 1. The summed E-state index contributed by atoms with van der Waals surface area (Å²) < 4.78 is 0. The molecule has 17 heavy (non-hydrogen) atoms. The van der Waals surface area contributed by atoms with Crippen molar-refractivity contribution >= 4 is 5.78 Å². The van der Waals surface area contributed by atoms with Gasteiger partial charge in [-0.2, -0.15) is 5.26 Å². The van der Waals surface area contributed by atoms with E-state index in [1.165, 1.54) is 12.8 Å². The number of nitriles is 1. The van der Waals surface area contributed by atoms with Crippen LogP contribution in [0.2, 0.25) is 0 Å². The van der Waals surface area contributed by atoms with Crippen molar-refractivity contribution in [2.75, 3.05) is 0 Å². The lowest BCUT2D eigenvalue weighted by Crippen LogP contribution is -2.32. The van der Waals surface area contributed by atoms with Gasteiger partial charge in [-0.05, 0) is 48.9 Å². The van der Waals surface area contributed by atoms with Gasteiger partial charge >= 0.3 is 0 Å². The van der Waals surface area contributed by atoms with Crippen molar-refractivity contribution in [1.82, 2.24) is 0 Å². The number of ketones is 1. The Kier molecular flexibility index (Phi) is 2.84. The molecule has 0 radical (unpaired) electrons. The molecule has 2 aliphatic rings. The summed E-state index contributed by atoms with van der Waals surface area (Å²) in [5.74, 6) is 1.62. The molecule has 2 fully saturated rings. The molecule has 0 heterocycles. The van der Waals surface area contributed by atoms with Crippen LogP contribution in [0.25, 0.3) is 0 Å². The van der Waals surface area contributed by atoms with Gasteiger partial charge in [0.25, 0.3) is 0 Å². The Labute approximate surface area is 104 Å². The van der Waals surface area contributed by atoms with Crippen molar-refractivity contribution in [2.24, 2.45) is 28.6 Å². The number of hydrogen-bond donors (Lipinski definition) is 0. The lowest BCUT2D eigenvalue weighted by atomic mass is 9.67. The van der Waals surface area contributed by atoms with E-state index in [2.05, 4.69) is 26.8 Å². The van der Waals surface area contributed by atoms with Crippen LogP contribution < -0.4 is 0 Å². The third kappa shape index (κ3) is 1.55. The van der Waals surface area contributed by atoms with Gasteiger partial charge in [0.15, 0.2) is 0 Å². The minimum atomic E-state index is 0.0768. The van der Waals surface area contributed by atoms with Gasteiger partial charge in [0, 0.05) is 12.3 Å². The average molecular weight is 233 g/mol. The summed E-state index contributed by atoms with van der Waals surface area (Å²) in [5, 5.41) is 9.15. The van der Waals surface area contributed by atoms with E-state index in [9.17, 15) is 4.79 Å². The third-order valence-electron chi connectivity index (χ3n) is 5.84. The maximum Gasteiger partial charge on any atom is 0.133 e. The Morgan fingerprint density at radius 2 is 2.06 bits per heavy atom. The molecule has 0 aromatic carbocycles. The fourth-order valence-corrected chi connectivity index (χ4v) is 4.86. The lowest BCUT2D eigenvalue weighted by molar-refractivity contribution is -0.123. The van der Waals surface area contributed by atoms with Crippen molar-refractivity contribution in [3.63, 3.8) is 0 Å². The maximum atomic E-state index is 11.9. The van der Waals surface area contributed by atoms with E-state index < -0.39 is 0 Å². The van der Waals surface area contributed by atoms with Crippen LogP contribution in [0.4, 0.5) is 0 Å². The Balaban J connectivity index is 2.42. The summed E-state index contributed by atoms with van der Waals surface area (Å²) in [6.07, 6.45) is 3.99. The molecule has 2 nitrogen and oxygen atoms in total. The van der Waals surface area contributed by atoms with E-state index in [4.69, 9.17) is 5.26 Å². The number of fused-ring (bicyclic) bond motifs is 1. The van der Waals surface area contributed by atoms with Crippen LogP contribution in [0.15, 0.2) is 0 Å². The molecule has 2 heteroatoms. The highest BCUT2D eigenvalue weighted by atomic mass is 16.1. The predicted octanol–water partition coefficient (Wildman–Crippen LogP) is 3.57. The molecule has 0 aliphatic heterocycles. The number of rotatable bonds is 2. The third-order valence-corrected chi connectivity index (χ3v) is 5.84. The first kappa shape index (κ1) is 12.6. The van der Waals surface area contributed by atoms with Crippen molar-refractivity contribution in [2.45, 2.75) is 53.4 Å². The van der Waals surface area contributed by atoms with Crippen molar-refractivity contribution in [1.29, 1.82) is 5.26 Å². The highest BCUT2D eigenvalue weighted by Gasteiger charge is 2.62. The van der Waals surface area contributed by atoms with E-state index in [0.717, 1.165) is 6.42 Å². The largest absolute Gasteiger partial charge is 0.300 e. The summed E-state index contributed by atoms with van der Waals surface area (Å²) in [5.41, 5.74) is 0.196. The van der Waals surface area contributed by atoms with Crippen LogP contribution in [0.3, 0.4) is 0 Å². The van der Waals surface area contributed by atoms with Gasteiger partial charge < -0.3 is 0 Å². The molecule has 0 saturated heterocycles. The zero-order chi connectivity index (χ0) is 12.8. The van der Waals surface area contributed by atoms with Crippen LogP contribution >= 0.6 is 0 Å². The van der Waals surface area contributed by atoms with Crippen LogP contribution in [-0.4, -0.2) is 5.78 Å². The normalized spacial score (nSPS) is 43.1. The maximum absolute atomic E-state index is 11.9. The molecule has 0 bridgehead atoms. The van der Waals surface area contributed by atoms with Gasteiger partial charge in [-0.25, -0.2) is 0 Å². The van der Waals surface area contributed by atoms with Crippen molar-refractivity contribution in [3.05, 3.63) is 0 Å². The molecule has 2 saturated carbocycles. The summed E-state index contributed by atoms with van der Waals surface area (Å²) in [4.78, 5) is 11.9. The van der Waals surface area contributed by atoms with Crippen molar-refractivity contribution in [3.8, 4) is 6.07 Å². The second kappa shape index (κ2) is 3.83. The summed E-state index contributed by atoms with van der Waals surface area (Å²) in [7, 11) is 0. The summed E-state index contributed by atoms with van der Waals surface area (Å²) in [6.45, 7) is 8.47. The Hall–Kier alpha value is -0.840. The minimum absolute atomic E-state index is 0.0768. The second-order valence-corrected chi connectivity index (χ2v) is 6.79. The Morgan fingerprint density at radius 3 is 2.59 bits per heavy atom. The Morgan fingerprint density at radius 1 is 1.41 bits per heavy atom. The molecule has 2 rings (SSSR count). The smallest absolute Gasteiger partial charge is 0.133 e. The molecule has 0 N–H and O–H groups in total. The molecule has 0 unspecified atom stereocenters. The first-order valence-corrected chi connectivity index (χ1v) is 6.73. The van der Waals surface area contributed by atoms with E-state index >= 15 is 0 Å². The molecule has 2 aliphatic carbocycles. The number of carbonyl (C=O) groups excluding carboxylic acids is 1. The first-order valence-electron chi connectivity index (χ1n) is 6.73. The zero-order valence-electron chi connectivity index (χ0n) is 11.4. The topological polar surface area (TPSA) is 40.9 Å². The standard InChI is InChI=1S/C15H23NO/c1-10-5-6-13-14(3,4)12(11(2)17)9-15(10,13)7-8-16/h10,12-13H,5-7,9H2,1-4H3/t10-,12+,13+,15+/m1/s1. The second-order valence-electron chi connectivity index (χ2n) is 6.79. The molecule has 4 atom stereocenters. The van der Waals surface area contributed by atoms with Crippen LogP contribution in [0.1, 0.15) is 53.4 Å². The van der Waals surface area contributed by atoms with Crippen LogP contribution in [-0.2, 0) is 4.79 Å². The van der Waals surface area contributed by atoms with E-state index in [0.29, 0.717) is 24.0 Å². The number of nitrogens with zero attached hydrogens (tertiary/aromatic N) is 1. The van der Waals surface area contributed by atoms with Gasteiger partial charge in [0.1, 0.15) is 5.78 Å². The fraction of sp³-hybridized carbons (Fsp3) is 0.867. The van der Waals surface area contributed by atoms with E-state index in [1.54, 1.807) is 6.92 Å². The SMILES string of the molecule is CC(=O)[C@@H]1C[C@@]2(CC#N)[C@H](C)CC[C@H]2C1(C)C. The molecular formula is C15H23NO. The van der Waals surface area contributed by atoms with Gasteiger partial charge in [-0.3, -0.25) is 4.79 Å². The lowest BCUT2D eigenvalue weighted by Gasteiger charge is -2.36. The van der Waals surface area contributed by atoms with Gasteiger partial charge in [0.05, 0.1) is 6.07 Å². The Bertz CT molecular complexity index is 379. The average Bonchev–Trinajstić information content (AvgIpc) is 2.64. The monoisotopic (exact) mass is 233 g/mol. The fourth-order valence-electron chi connectivity index (χ4n) is 4.86. The van der Waals surface area contributed by atoms with Gasteiger partial charge in [0.2, 0.25) is 0 Å². The zero-order valence-corrected chi connectivity index (χ0v) is 11.4. The summed E-state index contributed by atoms with van der Waals surface area (Å²) >= 11 is 0. The molecule has 0 amide bonds. The number of carbonyl (C=O) groups is 1. The van der Waals surface area contributed by atoms with Gasteiger partial charge in [-0.15, -0.1) is 0 Å². The van der Waals surface area contributed by atoms with Crippen LogP contribution in [0, 0.1) is 39.9 Å². The first-order chi connectivity index (χ1) is 7.86. The highest BCUT2D eigenvalue weighted by molar-refractivity contribution is 5.79. The number of hydrogen-bond acceptors (Lipinski definition) is 2. The highest BCUT2D eigenvalue weighted by Crippen LogP contribution is 2.67. The van der Waals surface area contributed by atoms with E-state index in [1.807, 2.05) is 0 Å². The molecule has 94 valence electrons. The quantitative estimate of drug-likeness (QED) is 0.731. The molecule has 0 spiro atoms.